The molecule has 0 aromatic heterocycles. The summed E-state index contributed by atoms with van der Waals surface area (Å²) in [7, 11) is 1.31. The maximum Gasteiger partial charge on any atom is 0.329 e. The highest BCUT2D eigenvalue weighted by Crippen LogP contribution is 1.99. The molecule has 0 spiro atoms. The van der Waals surface area contributed by atoms with Crippen LogP contribution in [0.1, 0.15) is 13.8 Å². The summed E-state index contributed by atoms with van der Waals surface area (Å²) in [6.45, 7) is 6.45. The summed E-state index contributed by atoms with van der Waals surface area (Å²) in [4.78, 5) is 9.84. The zero-order valence-electron chi connectivity index (χ0n) is 8.65. The molecule has 0 aliphatic rings. The van der Waals surface area contributed by atoms with Gasteiger partial charge in [-0.2, -0.15) is 0 Å². The molecule has 0 saturated heterocycles. The molecule has 0 amide bonds. The maximum absolute atomic E-state index is 9.84. The summed E-state index contributed by atoms with van der Waals surface area (Å²) in [5.74, 6) is -0.546. The van der Waals surface area contributed by atoms with Crippen LogP contribution < -0.4 is 0 Å². The van der Waals surface area contributed by atoms with Gasteiger partial charge in [0.25, 0.3) is 0 Å². The summed E-state index contributed by atoms with van der Waals surface area (Å²) in [6, 6.07) is 0. The highest BCUT2D eigenvalue weighted by Gasteiger charge is 1.92. The third kappa shape index (κ3) is 8.39. The van der Waals surface area contributed by atoms with Crippen LogP contribution in [0.15, 0.2) is 36.3 Å². The fraction of sp³-hybridized carbons (Fsp3) is 0.300. The number of rotatable bonds is 2. The number of carbonyl (C=O) groups excluding carboxylic acids is 1. The van der Waals surface area contributed by atoms with Crippen molar-refractivity contribution in [3.8, 4) is 0 Å². The van der Waals surface area contributed by atoms with E-state index in [0.29, 0.717) is 0 Å². The summed E-state index contributed by atoms with van der Waals surface area (Å²) >= 11 is 0. The van der Waals surface area contributed by atoms with Crippen molar-refractivity contribution in [3.63, 3.8) is 0 Å². The summed E-state index contributed by atoms with van der Waals surface area (Å²) < 4.78 is 4.14. The smallest absolute Gasteiger partial charge is 0.329 e. The molecule has 2 N–H and O–H groups in total. The number of allylic oxidation sites excluding steroid dienone is 2. The van der Waals surface area contributed by atoms with E-state index in [4.69, 9.17) is 10.2 Å². The lowest BCUT2D eigenvalue weighted by Gasteiger charge is -1.92. The monoisotopic (exact) mass is 200 g/mol. The van der Waals surface area contributed by atoms with Gasteiger partial charge in [-0.3, -0.25) is 0 Å². The molecule has 14 heavy (non-hydrogen) atoms. The second-order valence-electron chi connectivity index (χ2n) is 2.08. The minimum absolute atomic E-state index is 0.0764. The second kappa shape index (κ2) is 9.38. The average molecular weight is 200 g/mol. The van der Waals surface area contributed by atoms with Crippen molar-refractivity contribution in [1.82, 2.24) is 0 Å². The van der Waals surface area contributed by atoms with Crippen LogP contribution in [0.25, 0.3) is 0 Å². The first kappa shape index (κ1) is 14.8. The minimum atomic E-state index is -0.394. The van der Waals surface area contributed by atoms with Gasteiger partial charge in [0.1, 0.15) is 0 Å². The lowest BCUT2D eigenvalue weighted by molar-refractivity contribution is -0.134. The van der Waals surface area contributed by atoms with Gasteiger partial charge >= 0.3 is 5.97 Å². The van der Waals surface area contributed by atoms with Gasteiger partial charge in [-0.25, -0.2) is 4.79 Å². The van der Waals surface area contributed by atoms with Gasteiger partial charge in [0, 0.05) is 6.08 Å². The Morgan fingerprint density at radius 3 is 1.64 bits per heavy atom. The zero-order chi connectivity index (χ0) is 11.6. The Morgan fingerprint density at radius 2 is 1.57 bits per heavy atom. The van der Waals surface area contributed by atoms with Crippen LogP contribution in [0.3, 0.4) is 0 Å². The zero-order valence-corrected chi connectivity index (χ0v) is 8.65. The van der Waals surface area contributed by atoms with E-state index < -0.39 is 5.97 Å². The molecule has 0 unspecified atom stereocenters. The van der Waals surface area contributed by atoms with E-state index in [9.17, 15) is 4.79 Å². The quantitative estimate of drug-likeness (QED) is 0.310. The van der Waals surface area contributed by atoms with Gasteiger partial charge in [-0.15, -0.1) is 0 Å². The fourth-order valence-corrected chi connectivity index (χ4v) is 0.379. The average Bonchev–Trinajstić information content (AvgIpc) is 2.26. The topological polar surface area (TPSA) is 66.8 Å². The number of esters is 1. The molecule has 0 atom stereocenters. The van der Waals surface area contributed by atoms with Crippen LogP contribution in [0.2, 0.25) is 0 Å². The number of hydrogen-bond donors (Lipinski definition) is 2. The Morgan fingerprint density at radius 1 is 1.21 bits per heavy atom. The Balaban J connectivity index is 0. The normalized spacial score (nSPS) is 11.1. The van der Waals surface area contributed by atoms with Gasteiger partial charge in [0.05, 0.1) is 7.11 Å². The SMILES string of the molecule is C=CC(=O)OC.CC=C(O)C(O)=CC. The molecule has 4 heteroatoms. The predicted molar refractivity (Wildman–Crippen MR) is 55.0 cm³/mol. The summed E-state index contributed by atoms with van der Waals surface area (Å²) in [6.07, 6.45) is 3.96. The van der Waals surface area contributed by atoms with Crippen molar-refractivity contribution >= 4 is 5.97 Å². The Hall–Kier alpha value is -1.71. The van der Waals surface area contributed by atoms with Crippen molar-refractivity contribution in [3.05, 3.63) is 36.3 Å². The number of aliphatic hydroxyl groups excluding tert-OH is 2. The van der Waals surface area contributed by atoms with Crippen molar-refractivity contribution in [2.75, 3.05) is 7.11 Å². The first-order valence-corrected chi connectivity index (χ1v) is 3.94. The van der Waals surface area contributed by atoms with Crippen molar-refractivity contribution < 1.29 is 19.7 Å². The minimum Gasteiger partial charge on any atom is -0.504 e. The van der Waals surface area contributed by atoms with Crippen molar-refractivity contribution in [2.45, 2.75) is 13.8 Å². The molecule has 80 valence electrons. The van der Waals surface area contributed by atoms with E-state index in [1.165, 1.54) is 19.3 Å². The fourth-order valence-electron chi connectivity index (χ4n) is 0.379. The first-order chi connectivity index (χ1) is 6.53. The summed E-state index contributed by atoms with van der Waals surface area (Å²) in [5, 5.41) is 17.3. The van der Waals surface area contributed by atoms with Crippen LogP contribution in [0.5, 0.6) is 0 Å². The number of ether oxygens (including phenoxy) is 1. The number of hydrogen-bond acceptors (Lipinski definition) is 4. The Kier molecular flexibility index (Phi) is 9.91. The van der Waals surface area contributed by atoms with Crippen LogP contribution >= 0.6 is 0 Å². The van der Waals surface area contributed by atoms with Crippen LogP contribution in [0.4, 0.5) is 0 Å². The standard InChI is InChI=1S/C6H10O2.C4H6O2/c1-3-5(7)6(8)4-2;1-3-4(5)6-2/h3-4,7-8H,1-2H3;3H,1H2,2H3. The Labute approximate surface area is 83.8 Å². The molecule has 4 nitrogen and oxygen atoms in total. The van der Waals surface area contributed by atoms with Gasteiger partial charge in [-0.1, -0.05) is 6.58 Å². The van der Waals surface area contributed by atoms with E-state index in [2.05, 4.69) is 11.3 Å². The predicted octanol–water partition coefficient (Wildman–Crippen LogP) is 2.26. The van der Waals surface area contributed by atoms with Crippen LogP contribution in [-0.2, 0) is 9.53 Å². The molecule has 0 rings (SSSR count). The number of carbonyl (C=O) groups is 1. The van der Waals surface area contributed by atoms with Crippen LogP contribution in [0, 0.1) is 0 Å². The lowest BCUT2D eigenvalue weighted by atomic mass is 10.4. The molecule has 0 radical (unpaired) electrons. The van der Waals surface area contributed by atoms with E-state index in [1.807, 2.05) is 0 Å². The van der Waals surface area contributed by atoms with Crippen LogP contribution in [-0.4, -0.2) is 23.3 Å². The van der Waals surface area contributed by atoms with Gasteiger partial charge in [0.15, 0.2) is 11.5 Å². The van der Waals surface area contributed by atoms with Crippen molar-refractivity contribution in [1.29, 1.82) is 0 Å². The molecule has 0 fully saturated rings. The van der Waals surface area contributed by atoms with E-state index in [1.54, 1.807) is 13.8 Å². The first-order valence-electron chi connectivity index (χ1n) is 3.94. The van der Waals surface area contributed by atoms with Gasteiger partial charge in [0.2, 0.25) is 0 Å². The number of methoxy groups -OCH3 is 1. The summed E-state index contributed by atoms with van der Waals surface area (Å²) in [5.41, 5.74) is 0. The Bertz CT molecular complexity index is 223. The third-order valence-electron chi connectivity index (χ3n) is 1.18. The molecule has 0 aliphatic carbocycles. The molecule has 0 bridgehead atoms. The molecule has 0 heterocycles. The van der Waals surface area contributed by atoms with Gasteiger partial charge in [-0.05, 0) is 26.0 Å². The lowest BCUT2D eigenvalue weighted by Crippen LogP contribution is -1.91. The van der Waals surface area contributed by atoms with E-state index in [-0.39, 0.29) is 11.5 Å². The van der Waals surface area contributed by atoms with E-state index in [0.717, 1.165) is 6.08 Å². The molecular weight excluding hydrogens is 184 g/mol. The number of aliphatic hydroxyl groups is 2. The third-order valence-corrected chi connectivity index (χ3v) is 1.18. The molecule has 0 aromatic carbocycles. The molecule has 0 aliphatic heterocycles. The highest BCUT2D eigenvalue weighted by atomic mass is 16.5. The second-order valence-corrected chi connectivity index (χ2v) is 2.08. The maximum atomic E-state index is 9.84. The highest BCUT2D eigenvalue weighted by molar-refractivity contribution is 5.80. The molecule has 0 saturated carbocycles. The van der Waals surface area contributed by atoms with Crippen molar-refractivity contribution in [2.24, 2.45) is 0 Å². The van der Waals surface area contributed by atoms with E-state index >= 15 is 0 Å². The molecular formula is C10H16O4. The molecule has 0 aromatic rings. The van der Waals surface area contributed by atoms with Gasteiger partial charge < -0.3 is 14.9 Å². The largest absolute Gasteiger partial charge is 0.504 e.